The number of benzene rings is 2. The second kappa shape index (κ2) is 10.3. The topological polar surface area (TPSA) is 105 Å². The highest BCUT2D eigenvalue weighted by molar-refractivity contribution is 6.45. The maximum Gasteiger partial charge on any atom is 0.317 e. The van der Waals surface area contributed by atoms with E-state index in [0.29, 0.717) is 11.4 Å². The van der Waals surface area contributed by atoms with Crippen LogP contribution in [0.5, 0.6) is 0 Å². The normalized spacial score (nSPS) is 11.4. The van der Waals surface area contributed by atoms with Gasteiger partial charge in [0, 0.05) is 5.69 Å². The SMILES string of the molecule is O=C(Nc1ccccc1)C(=O)N(c1ccccc1F)C(C(=O)NCc1ccco1)c1ccco1. The van der Waals surface area contributed by atoms with Gasteiger partial charge in [-0.3, -0.25) is 19.3 Å². The quantitative estimate of drug-likeness (QED) is 0.404. The molecule has 2 aromatic heterocycles. The van der Waals surface area contributed by atoms with E-state index in [1.807, 2.05) is 0 Å². The monoisotopic (exact) mass is 461 g/mol. The second-order valence-electron chi connectivity index (χ2n) is 7.16. The first kappa shape index (κ1) is 22.5. The molecule has 0 saturated carbocycles. The van der Waals surface area contributed by atoms with Crippen LogP contribution in [0.15, 0.2) is 100 Å². The number of para-hydroxylation sites is 2. The molecular weight excluding hydrogens is 441 g/mol. The van der Waals surface area contributed by atoms with Gasteiger partial charge in [-0.15, -0.1) is 0 Å². The van der Waals surface area contributed by atoms with Gasteiger partial charge in [0.25, 0.3) is 5.91 Å². The maximum atomic E-state index is 14.9. The van der Waals surface area contributed by atoms with Crippen LogP contribution in [0.1, 0.15) is 17.6 Å². The molecule has 0 aliphatic rings. The van der Waals surface area contributed by atoms with Crippen LogP contribution in [-0.2, 0) is 20.9 Å². The van der Waals surface area contributed by atoms with E-state index in [-0.39, 0.29) is 18.0 Å². The maximum absolute atomic E-state index is 14.9. The number of nitrogens with zero attached hydrogens (tertiary/aromatic N) is 1. The summed E-state index contributed by atoms with van der Waals surface area (Å²) in [6, 6.07) is 18.5. The molecule has 4 aromatic rings. The van der Waals surface area contributed by atoms with Crippen LogP contribution in [0.3, 0.4) is 0 Å². The first-order valence-corrected chi connectivity index (χ1v) is 10.3. The van der Waals surface area contributed by atoms with Crippen molar-refractivity contribution in [2.45, 2.75) is 12.6 Å². The molecular formula is C25H20FN3O5. The van der Waals surface area contributed by atoms with Crippen molar-refractivity contribution in [3.8, 4) is 0 Å². The summed E-state index contributed by atoms with van der Waals surface area (Å²) in [6.45, 7) is 0.0125. The highest BCUT2D eigenvalue weighted by atomic mass is 19.1. The first-order valence-electron chi connectivity index (χ1n) is 10.3. The van der Waals surface area contributed by atoms with Crippen molar-refractivity contribution in [2.24, 2.45) is 0 Å². The zero-order chi connectivity index (χ0) is 23.9. The van der Waals surface area contributed by atoms with E-state index in [2.05, 4.69) is 10.6 Å². The van der Waals surface area contributed by atoms with Crippen LogP contribution in [-0.4, -0.2) is 17.7 Å². The average molecular weight is 461 g/mol. The molecule has 0 aliphatic heterocycles. The van der Waals surface area contributed by atoms with Crippen LogP contribution >= 0.6 is 0 Å². The van der Waals surface area contributed by atoms with Crippen LogP contribution in [0, 0.1) is 5.82 Å². The van der Waals surface area contributed by atoms with E-state index in [1.165, 1.54) is 42.9 Å². The summed E-state index contributed by atoms with van der Waals surface area (Å²) in [5, 5.41) is 5.12. The fourth-order valence-electron chi connectivity index (χ4n) is 3.33. The molecule has 1 unspecified atom stereocenters. The summed E-state index contributed by atoms with van der Waals surface area (Å²) in [5.74, 6) is -3.18. The van der Waals surface area contributed by atoms with Crippen LogP contribution in [0.25, 0.3) is 0 Å². The molecule has 3 amide bonds. The smallest absolute Gasteiger partial charge is 0.317 e. The molecule has 8 nitrogen and oxygen atoms in total. The van der Waals surface area contributed by atoms with E-state index in [0.717, 1.165) is 11.0 Å². The van der Waals surface area contributed by atoms with E-state index in [1.54, 1.807) is 42.5 Å². The van der Waals surface area contributed by atoms with Gasteiger partial charge in [-0.05, 0) is 48.5 Å². The van der Waals surface area contributed by atoms with Crippen LogP contribution in [0.2, 0.25) is 0 Å². The zero-order valence-corrected chi connectivity index (χ0v) is 17.8. The molecule has 0 aliphatic carbocycles. The lowest BCUT2D eigenvalue weighted by Crippen LogP contribution is -2.48. The Morgan fingerprint density at radius 2 is 1.56 bits per heavy atom. The summed E-state index contributed by atoms with van der Waals surface area (Å²) in [6.07, 6.45) is 2.77. The molecule has 9 heteroatoms. The second-order valence-corrected chi connectivity index (χ2v) is 7.16. The third-order valence-corrected chi connectivity index (χ3v) is 4.89. The molecule has 2 aromatic carbocycles. The number of anilines is 2. The number of amides is 3. The summed E-state index contributed by atoms with van der Waals surface area (Å²) < 4.78 is 25.5. The molecule has 0 spiro atoms. The lowest BCUT2D eigenvalue weighted by Gasteiger charge is -2.29. The Balaban J connectivity index is 1.71. The third-order valence-electron chi connectivity index (χ3n) is 4.89. The molecule has 0 radical (unpaired) electrons. The Bertz CT molecular complexity index is 1260. The van der Waals surface area contributed by atoms with E-state index in [4.69, 9.17) is 8.83 Å². The highest BCUT2D eigenvalue weighted by Crippen LogP contribution is 2.30. The highest BCUT2D eigenvalue weighted by Gasteiger charge is 2.38. The number of hydrogen-bond donors (Lipinski definition) is 2. The standard InChI is InChI=1S/C25H20FN3O5/c26-19-11-4-5-12-20(19)29(25(32)24(31)28-17-8-2-1-3-9-17)22(21-13-7-15-34-21)23(30)27-16-18-10-6-14-33-18/h1-15,22H,16H2,(H,27,30)(H,28,31). The van der Waals surface area contributed by atoms with Gasteiger partial charge in [-0.25, -0.2) is 4.39 Å². The van der Waals surface area contributed by atoms with Gasteiger partial charge in [0.15, 0.2) is 6.04 Å². The Hall–Kier alpha value is -4.66. The van der Waals surface area contributed by atoms with E-state index in [9.17, 15) is 18.8 Å². The molecule has 34 heavy (non-hydrogen) atoms. The fraction of sp³-hybridized carbons (Fsp3) is 0.0800. The van der Waals surface area contributed by atoms with E-state index >= 15 is 0 Å². The number of nitrogens with one attached hydrogen (secondary N) is 2. The van der Waals surface area contributed by atoms with Gasteiger partial charge in [-0.1, -0.05) is 30.3 Å². The largest absolute Gasteiger partial charge is 0.467 e. The van der Waals surface area contributed by atoms with Gasteiger partial charge in [-0.2, -0.15) is 0 Å². The molecule has 0 saturated heterocycles. The van der Waals surface area contributed by atoms with Gasteiger partial charge >= 0.3 is 11.8 Å². The molecule has 2 heterocycles. The van der Waals surface area contributed by atoms with Gasteiger partial charge in [0.1, 0.15) is 17.3 Å². The summed E-state index contributed by atoms with van der Waals surface area (Å²) in [4.78, 5) is 40.3. The van der Waals surface area contributed by atoms with Crippen molar-refractivity contribution >= 4 is 29.1 Å². The van der Waals surface area contributed by atoms with Crippen molar-refractivity contribution in [3.05, 3.63) is 109 Å². The lowest BCUT2D eigenvalue weighted by atomic mass is 10.1. The zero-order valence-electron chi connectivity index (χ0n) is 17.8. The van der Waals surface area contributed by atoms with Gasteiger partial charge in [0.2, 0.25) is 0 Å². The van der Waals surface area contributed by atoms with Crippen molar-refractivity contribution in [2.75, 3.05) is 10.2 Å². The lowest BCUT2D eigenvalue weighted by molar-refractivity contribution is -0.136. The Labute approximate surface area is 194 Å². The Kier molecular flexibility index (Phi) is 6.83. The predicted molar refractivity (Wildman–Crippen MR) is 121 cm³/mol. The Morgan fingerprint density at radius 3 is 2.24 bits per heavy atom. The summed E-state index contributed by atoms with van der Waals surface area (Å²) in [7, 11) is 0. The molecule has 172 valence electrons. The molecule has 0 fully saturated rings. The molecule has 0 bridgehead atoms. The van der Waals surface area contributed by atoms with Crippen LogP contribution < -0.4 is 15.5 Å². The first-order chi connectivity index (χ1) is 16.5. The van der Waals surface area contributed by atoms with Crippen LogP contribution in [0.4, 0.5) is 15.8 Å². The van der Waals surface area contributed by atoms with Gasteiger partial charge < -0.3 is 19.5 Å². The molecule has 4 rings (SSSR count). The average Bonchev–Trinajstić information content (AvgIpc) is 3.56. The predicted octanol–water partition coefficient (Wildman–Crippen LogP) is 4.04. The number of rotatable bonds is 7. The summed E-state index contributed by atoms with van der Waals surface area (Å²) in [5.41, 5.74) is 0.108. The number of carbonyl (C=O) groups is 3. The fourth-order valence-corrected chi connectivity index (χ4v) is 3.33. The summed E-state index contributed by atoms with van der Waals surface area (Å²) >= 11 is 0. The minimum atomic E-state index is -1.48. The number of carbonyl (C=O) groups excluding carboxylic acids is 3. The number of halogens is 1. The number of hydrogen-bond acceptors (Lipinski definition) is 5. The number of furan rings is 2. The van der Waals surface area contributed by atoms with E-state index < -0.39 is 29.6 Å². The van der Waals surface area contributed by atoms with Crippen molar-refractivity contribution in [1.29, 1.82) is 0 Å². The molecule has 2 N–H and O–H groups in total. The van der Waals surface area contributed by atoms with Gasteiger partial charge in [0.05, 0.1) is 24.8 Å². The van der Waals surface area contributed by atoms with Crippen molar-refractivity contribution in [1.82, 2.24) is 5.32 Å². The minimum Gasteiger partial charge on any atom is -0.467 e. The minimum absolute atomic E-state index is 0.0125. The third kappa shape index (κ3) is 5.04. The van der Waals surface area contributed by atoms with Crippen molar-refractivity contribution in [3.63, 3.8) is 0 Å². The Morgan fingerprint density at radius 1 is 0.853 bits per heavy atom. The molecule has 1 atom stereocenters. The van der Waals surface area contributed by atoms with Crippen molar-refractivity contribution < 1.29 is 27.6 Å².